The van der Waals surface area contributed by atoms with Crippen LogP contribution in [-0.4, -0.2) is 38.7 Å². The Bertz CT molecular complexity index is 648. The second-order valence-electron chi connectivity index (χ2n) is 4.70. The fourth-order valence-electron chi connectivity index (χ4n) is 2.29. The molecule has 1 atom stereocenters. The summed E-state index contributed by atoms with van der Waals surface area (Å²) in [5.74, 6) is -0.0551. The van der Waals surface area contributed by atoms with E-state index in [2.05, 4.69) is 0 Å². The van der Waals surface area contributed by atoms with Crippen molar-refractivity contribution >= 4 is 44.8 Å². The number of anilines is 1. The molecule has 1 aliphatic rings. The van der Waals surface area contributed by atoms with Crippen molar-refractivity contribution in [2.45, 2.75) is 19.4 Å². The number of hydrogen-bond acceptors (Lipinski definition) is 4. The quantitative estimate of drug-likeness (QED) is 0.838. The Hall–Kier alpha value is -0.980. The molecular formula is C13H15Cl2NO4S. The average molecular weight is 352 g/mol. The van der Waals surface area contributed by atoms with Gasteiger partial charge in [-0.25, -0.2) is 13.2 Å². The highest BCUT2D eigenvalue weighted by Crippen LogP contribution is 2.35. The largest absolute Gasteiger partial charge is 0.449 e. The third-order valence-corrected chi connectivity index (χ3v) is 5.79. The summed E-state index contributed by atoms with van der Waals surface area (Å²) in [6.45, 7) is 1.87. The minimum absolute atomic E-state index is 0.0474. The highest BCUT2D eigenvalue weighted by atomic mass is 35.5. The van der Waals surface area contributed by atoms with Gasteiger partial charge in [0.15, 0.2) is 9.84 Å². The van der Waals surface area contributed by atoms with Crippen LogP contribution in [0.4, 0.5) is 10.5 Å². The number of ether oxygens (including phenoxy) is 1. The molecule has 0 saturated carbocycles. The van der Waals surface area contributed by atoms with Gasteiger partial charge in [-0.3, -0.25) is 4.90 Å². The van der Waals surface area contributed by atoms with Gasteiger partial charge in [0.05, 0.1) is 39.9 Å². The zero-order valence-corrected chi connectivity index (χ0v) is 13.7. The van der Waals surface area contributed by atoms with Crippen molar-refractivity contribution in [3.8, 4) is 0 Å². The van der Waals surface area contributed by atoms with E-state index in [0.717, 1.165) is 0 Å². The van der Waals surface area contributed by atoms with Crippen molar-refractivity contribution in [1.82, 2.24) is 0 Å². The summed E-state index contributed by atoms with van der Waals surface area (Å²) in [6.07, 6.45) is -0.270. The lowest BCUT2D eigenvalue weighted by Gasteiger charge is -2.28. The number of hydrogen-bond donors (Lipinski definition) is 0. The van der Waals surface area contributed by atoms with Crippen molar-refractivity contribution in [3.63, 3.8) is 0 Å². The molecule has 1 fully saturated rings. The first kappa shape index (κ1) is 16.4. The van der Waals surface area contributed by atoms with Crippen LogP contribution in [0.5, 0.6) is 0 Å². The van der Waals surface area contributed by atoms with E-state index in [1.807, 2.05) is 0 Å². The SMILES string of the molecule is CCOC(=O)N(c1cccc(Cl)c1Cl)C1CCS(=O)(=O)C1. The minimum atomic E-state index is -3.15. The van der Waals surface area contributed by atoms with Crippen LogP contribution in [0.1, 0.15) is 13.3 Å². The topological polar surface area (TPSA) is 63.7 Å². The van der Waals surface area contributed by atoms with Crippen molar-refractivity contribution < 1.29 is 17.9 Å². The number of halogens is 2. The van der Waals surface area contributed by atoms with E-state index in [1.165, 1.54) is 4.90 Å². The summed E-state index contributed by atoms with van der Waals surface area (Å²) in [7, 11) is -3.15. The summed E-state index contributed by atoms with van der Waals surface area (Å²) in [5.41, 5.74) is 0.365. The zero-order valence-electron chi connectivity index (χ0n) is 11.4. The van der Waals surface area contributed by atoms with E-state index >= 15 is 0 Å². The van der Waals surface area contributed by atoms with E-state index in [4.69, 9.17) is 27.9 Å². The molecule has 2 rings (SSSR count). The monoisotopic (exact) mass is 351 g/mol. The van der Waals surface area contributed by atoms with Crippen LogP contribution in [0.25, 0.3) is 0 Å². The van der Waals surface area contributed by atoms with Crippen molar-refractivity contribution in [3.05, 3.63) is 28.2 Å². The minimum Gasteiger partial charge on any atom is -0.449 e. The molecule has 1 aromatic rings. The summed E-state index contributed by atoms with van der Waals surface area (Å²) >= 11 is 12.1. The Morgan fingerprint density at radius 1 is 1.43 bits per heavy atom. The molecule has 0 spiro atoms. The number of rotatable bonds is 3. The van der Waals surface area contributed by atoms with Crippen LogP contribution < -0.4 is 4.90 Å². The van der Waals surface area contributed by atoms with Crippen LogP contribution in [0.2, 0.25) is 10.0 Å². The molecule has 21 heavy (non-hydrogen) atoms. The highest BCUT2D eigenvalue weighted by Gasteiger charge is 2.37. The standard InChI is InChI=1S/C13H15Cl2NO4S/c1-2-20-13(17)16(9-6-7-21(18,19)8-9)11-5-3-4-10(14)12(11)15/h3-5,9H,2,6-8H2,1H3. The maximum Gasteiger partial charge on any atom is 0.414 e. The van der Waals surface area contributed by atoms with Crippen molar-refractivity contribution in [2.75, 3.05) is 23.0 Å². The number of amides is 1. The zero-order chi connectivity index (χ0) is 15.6. The summed E-state index contributed by atoms with van der Waals surface area (Å²) in [5, 5.41) is 0.501. The number of carbonyl (C=O) groups is 1. The van der Waals surface area contributed by atoms with E-state index in [0.29, 0.717) is 17.1 Å². The predicted octanol–water partition coefficient (Wildman–Crippen LogP) is 3.14. The van der Waals surface area contributed by atoms with Crippen molar-refractivity contribution in [2.24, 2.45) is 0 Å². The molecule has 0 bridgehead atoms. The van der Waals surface area contributed by atoms with Gasteiger partial charge in [-0.2, -0.15) is 0 Å². The van der Waals surface area contributed by atoms with Crippen LogP contribution in [0.3, 0.4) is 0 Å². The Balaban J connectivity index is 2.42. The molecule has 1 unspecified atom stereocenters. The van der Waals surface area contributed by atoms with Gasteiger partial charge in [-0.1, -0.05) is 29.3 Å². The number of sulfone groups is 1. The summed E-state index contributed by atoms with van der Waals surface area (Å²) in [4.78, 5) is 13.5. The molecule has 1 aromatic carbocycles. The van der Waals surface area contributed by atoms with E-state index in [9.17, 15) is 13.2 Å². The number of carbonyl (C=O) groups excluding carboxylic acids is 1. The molecule has 8 heteroatoms. The Morgan fingerprint density at radius 3 is 2.71 bits per heavy atom. The van der Waals surface area contributed by atoms with Crippen LogP contribution in [-0.2, 0) is 14.6 Å². The number of benzene rings is 1. The lowest BCUT2D eigenvalue weighted by atomic mass is 10.2. The maximum absolute atomic E-state index is 12.2. The number of nitrogens with zero attached hydrogens (tertiary/aromatic N) is 1. The molecule has 0 aliphatic carbocycles. The summed E-state index contributed by atoms with van der Waals surface area (Å²) in [6, 6.07) is 4.38. The molecule has 5 nitrogen and oxygen atoms in total. The Morgan fingerprint density at radius 2 is 2.14 bits per heavy atom. The first-order valence-corrected chi connectivity index (χ1v) is 9.04. The molecule has 116 valence electrons. The molecule has 0 aromatic heterocycles. The molecule has 1 aliphatic heterocycles. The van der Waals surface area contributed by atoms with E-state index in [-0.39, 0.29) is 23.1 Å². The second-order valence-corrected chi connectivity index (χ2v) is 7.71. The van der Waals surface area contributed by atoms with Crippen LogP contribution in [0.15, 0.2) is 18.2 Å². The van der Waals surface area contributed by atoms with Gasteiger partial charge in [0.25, 0.3) is 0 Å². The average Bonchev–Trinajstić information content (AvgIpc) is 2.75. The van der Waals surface area contributed by atoms with Crippen LogP contribution >= 0.6 is 23.2 Å². The summed E-state index contributed by atoms with van der Waals surface area (Å²) < 4.78 is 28.4. The molecule has 1 saturated heterocycles. The van der Waals surface area contributed by atoms with E-state index in [1.54, 1.807) is 25.1 Å². The molecular weight excluding hydrogens is 337 g/mol. The van der Waals surface area contributed by atoms with Crippen LogP contribution in [0, 0.1) is 0 Å². The van der Waals surface area contributed by atoms with Gasteiger partial charge >= 0.3 is 6.09 Å². The Kier molecular flexibility index (Phi) is 5.01. The highest BCUT2D eigenvalue weighted by molar-refractivity contribution is 7.91. The lowest BCUT2D eigenvalue weighted by molar-refractivity contribution is 0.157. The maximum atomic E-state index is 12.2. The molecule has 0 N–H and O–H groups in total. The lowest BCUT2D eigenvalue weighted by Crippen LogP contribution is -2.42. The van der Waals surface area contributed by atoms with E-state index < -0.39 is 22.0 Å². The van der Waals surface area contributed by atoms with Crippen molar-refractivity contribution in [1.29, 1.82) is 0 Å². The first-order valence-electron chi connectivity index (χ1n) is 6.46. The third kappa shape index (κ3) is 3.62. The Labute approximate surface area is 133 Å². The fraction of sp³-hybridized carbons (Fsp3) is 0.462. The third-order valence-electron chi connectivity index (χ3n) is 3.23. The predicted molar refractivity (Wildman–Crippen MR) is 83.0 cm³/mol. The molecule has 1 heterocycles. The normalized spacial score (nSPS) is 20.2. The van der Waals surface area contributed by atoms with Gasteiger partial charge < -0.3 is 4.74 Å². The van der Waals surface area contributed by atoms with Gasteiger partial charge in [-0.05, 0) is 25.5 Å². The smallest absolute Gasteiger partial charge is 0.414 e. The van der Waals surface area contributed by atoms with Gasteiger partial charge in [0.2, 0.25) is 0 Å². The molecule has 1 amide bonds. The fourth-order valence-corrected chi connectivity index (χ4v) is 4.38. The van der Waals surface area contributed by atoms with Gasteiger partial charge in [-0.15, -0.1) is 0 Å². The first-order chi connectivity index (χ1) is 9.85. The van der Waals surface area contributed by atoms with Gasteiger partial charge in [0.1, 0.15) is 0 Å². The molecule has 0 radical (unpaired) electrons. The van der Waals surface area contributed by atoms with Gasteiger partial charge in [0, 0.05) is 0 Å². The second kappa shape index (κ2) is 6.42.